The molecule has 0 spiro atoms. The van der Waals surface area contributed by atoms with Crippen molar-refractivity contribution in [3.63, 3.8) is 0 Å². The zero-order chi connectivity index (χ0) is 11.4. The normalized spacial score (nSPS) is 27.9. The fourth-order valence-corrected chi connectivity index (χ4v) is 2.62. The number of hydrogen-bond donors (Lipinski definition) is 1. The molecule has 1 fully saturated rings. The summed E-state index contributed by atoms with van der Waals surface area (Å²) in [5.41, 5.74) is 0. The molecule has 1 N–H and O–H groups in total. The van der Waals surface area contributed by atoms with Crippen molar-refractivity contribution in [3.8, 4) is 0 Å². The van der Waals surface area contributed by atoms with Gasteiger partial charge in [0, 0.05) is 25.7 Å². The van der Waals surface area contributed by atoms with Crippen LogP contribution in [-0.2, 0) is 4.74 Å². The van der Waals surface area contributed by atoms with Crippen LogP contribution in [0.2, 0.25) is 0 Å². The highest BCUT2D eigenvalue weighted by Crippen LogP contribution is 2.22. The molecule has 1 heterocycles. The Morgan fingerprint density at radius 2 is 2.27 bits per heavy atom. The smallest absolute Gasteiger partial charge is 0.169 e. The second-order valence-electron chi connectivity index (χ2n) is 4.65. The largest absolute Gasteiger partial charge is 0.383 e. The Bertz CT molecular complexity index is 223. The molecule has 0 aromatic heterocycles. The maximum Gasteiger partial charge on any atom is 0.169 e. The van der Waals surface area contributed by atoms with Gasteiger partial charge in [-0.15, -0.1) is 0 Å². The topological polar surface area (TPSA) is 24.5 Å². The van der Waals surface area contributed by atoms with E-state index in [1.807, 2.05) is 0 Å². The van der Waals surface area contributed by atoms with E-state index in [0.29, 0.717) is 12.6 Å². The van der Waals surface area contributed by atoms with Gasteiger partial charge in [-0.25, -0.2) is 0 Å². The van der Waals surface area contributed by atoms with E-state index in [9.17, 15) is 0 Å². The maximum atomic E-state index is 5.39. The van der Waals surface area contributed by atoms with E-state index in [2.05, 4.69) is 31.0 Å². The second-order valence-corrected chi connectivity index (χ2v) is 5.03. The van der Waals surface area contributed by atoms with Crippen LogP contribution in [-0.4, -0.2) is 42.4 Å². The van der Waals surface area contributed by atoms with Crippen LogP contribution in [0.15, 0.2) is 0 Å². The van der Waals surface area contributed by atoms with E-state index in [0.717, 1.165) is 17.6 Å². The molecule has 88 valence electrons. The summed E-state index contributed by atoms with van der Waals surface area (Å²) in [5.74, 6) is 0.748. The Balaban J connectivity index is 2.40. The first kappa shape index (κ1) is 12.7. The van der Waals surface area contributed by atoms with Crippen LogP contribution in [0, 0.1) is 5.92 Å². The lowest BCUT2D eigenvalue weighted by Crippen LogP contribution is -2.46. The zero-order valence-electron chi connectivity index (χ0n) is 10.1. The number of methoxy groups -OCH3 is 1. The molecule has 3 unspecified atom stereocenters. The van der Waals surface area contributed by atoms with Crippen molar-refractivity contribution in [3.05, 3.63) is 0 Å². The fraction of sp³-hybridized carbons (Fsp3) is 0.909. The van der Waals surface area contributed by atoms with E-state index in [1.54, 1.807) is 7.11 Å². The molecule has 3 atom stereocenters. The summed E-state index contributed by atoms with van der Waals surface area (Å²) in [5, 5.41) is 4.18. The van der Waals surface area contributed by atoms with Crippen LogP contribution in [0.1, 0.15) is 27.2 Å². The zero-order valence-corrected chi connectivity index (χ0v) is 10.9. The van der Waals surface area contributed by atoms with Crippen molar-refractivity contribution >= 4 is 17.3 Å². The summed E-state index contributed by atoms with van der Waals surface area (Å²) in [6, 6.07) is 0.848. The van der Waals surface area contributed by atoms with Gasteiger partial charge in [-0.2, -0.15) is 0 Å². The minimum atomic E-state index is 0.283. The Labute approximate surface area is 98.2 Å². The molecule has 1 aliphatic rings. The molecule has 0 bridgehead atoms. The lowest BCUT2D eigenvalue weighted by molar-refractivity contribution is 0.177. The number of nitrogens with one attached hydrogen (secondary N) is 1. The highest BCUT2D eigenvalue weighted by molar-refractivity contribution is 7.80. The quantitative estimate of drug-likeness (QED) is 0.745. The third kappa shape index (κ3) is 3.61. The van der Waals surface area contributed by atoms with Gasteiger partial charge in [0.2, 0.25) is 0 Å². The van der Waals surface area contributed by atoms with Crippen LogP contribution in [0.5, 0.6) is 0 Å². The molecular formula is C11H22N2OS. The van der Waals surface area contributed by atoms with E-state index in [4.69, 9.17) is 17.0 Å². The van der Waals surface area contributed by atoms with Gasteiger partial charge in [-0.05, 0) is 38.4 Å². The first-order valence-corrected chi connectivity index (χ1v) is 6.01. The highest BCUT2D eigenvalue weighted by Gasteiger charge is 2.28. The highest BCUT2D eigenvalue weighted by atomic mass is 32.1. The van der Waals surface area contributed by atoms with E-state index in [-0.39, 0.29) is 6.04 Å². The molecule has 4 heteroatoms. The van der Waals surface area contributed by atoms with E-state index in [1.165, 1.54) is 6.42 Å². The van der Waals surface area contributed by atoms with Gasteiger partial charge in [0.25, 0.3) is 0 Å². The number of likely N-dealkylation sites (tertiary alicyclic amines) is 1. The maximum absolute atomic E-state index is 5.39. The first-order chi connectivity index (χ1) is 7.04. The Morgan fingerprint density at radius 1 is 1.60 bits per heavy atom. The van der Waals surface area contributed by atoms with Crippen molar-refractivity contribution < 1.29 is 4.74 Å². The van der Waals surface area contributed by atoms with Gasteiger partial charge in [-0.1, -0.05) is 6.92 Å². The molecule has 1 saturated heterocycles. The average Bonchev–Trinajstić information content (AvgIpc) is 2.45. The van der Waals surface area contributed by atoms with Crippen molar-refractivity contribution in [2.45, 2.75) is 39.3 Å². The van der Waals surface area contributed by atoms with Crippen LogP contribution in [0.25, 0.3) is 0 Å². The monoisotopic (exact) mass is 230 g/mol. The molecule has 15 heavy (non-hydrogen) atoms. The number of thiocarbonyl (C=S) groups is 1. The lowest BCUT2D eigenvalue weighted by atomic mass is 10.1. The van der Waals surface area contributed by atoms with Gasteiger partial charge < -0.3 is 15.0 Å². The minimum Gasteiger partial charge on any atom is -0.383 e. The van der Waals surface area contributed by atoms with Gasteiger partial charge in [0.15, 0.2) is 5.11 Å². The summed E-state index contributed by atoms with van der Waals surface area (Å²) in [6.07, 6.45) is 1.24. The molecule has 0 saturated carbocycles. The summed E-state index contributed by atoms with van der Waals surface area (Å²) in [4.78, 5) is 2.28. The third-order valence-corrected chi connectivity index (χ3v) is 3.18. The minimum absolute atomic E-state index is 0.283. The Hall–Kier alpha value is -0.350. The molecule has 0 aliphatic carbocycles. The summed E-state index contributed by atoms with van der Waals surface area (Å²) in [6.45, 7) is 8.36. The molecule has 3 nitrogen and oxygen atoms in total. The number of nitrogens with zero attached hydrogens (tertiary/aromatic N) is 1. The van der Waals surface area contributed by atoms with Gasteiger partial charge in [0.05, 0.1) is 6.61 Å². The summed E-state index contributed by atoms with van der Waals surface area (Å²) in [7, 11) is 1.71. The second kappa shape index (κ2) is 5.66. The summed E-state index contributed by atoms with van der Waals surface area (Å²) < 4.78 is 5.07. The molecule has 0 amide bonds. The molecule has 0 aromatic carbocycles. The van der Waals surface area contributed by atoms with Gasteiger partial charge in [0.1, 0.15) is 0 Å². The standard InChI is InChI=1S/C11H22N2OS/c1-8-5-10(3)13(6-8)11(15)12-9(2)7-14-4/h8-10H,5-7H2,1-4H3,(H,12,15). The van der Waals surface area contributed by atoms with Crippen LogP contribution in [0.3, 0.4) is 0 Å². The predicted molar refractivity (Wildman–Crippen MR) is 67.0 cm³/mol. The third-order valence-electron chi connectivity index (χ3n) is 2.83. The molecule has 0 aromatic rings. The molecule has 1 rings (SSSR count). The first-order valence-electron chi connectivity index (χ1n) is 5.60. The SMILES string of the molecule is COCC(C)NC(=S)N1CC(C)CC1C. The predicted octanol–water partition coefficient (Wildman–Crippen LogP) is 1.63. The van der Waals surface area contributed by atoms with Crippen molar-refractivity contribution in [2.75, 3.05) is 20.3 Å². The lowest BCUT2D eigenvalue weighted by Gasteiger charge is -2.27. The van der Waals surface area contributed by atoms with Crippen LogP contribution in [0.4, 0.5) is 0 Å². The van der Waals surface area contributed by atoms with E-state index >= 15 is 0 Å². The van der Waals surface area contributed by atoms with Gasteiger partial charge >= 0.3 is 0 Å². The van der Waals surface area contributed by atoms with Crippen LogP contribution >= 0.6 is 12.2 Å². The Kier molecular flexibility index (Phi) is 4.80. The number of hydrogen-bond acceptors (Lipinski definition) is 2. The number of rotatable bonds is 3. The van der Waals surface area contributed by atoms with Crippen LogP contribution < -0.4 is 5.32 Å². The number of ether oxygens (including phenoxy) is 1. The molecule has 1 aliphatic heterocycles. The van der Waals surface area contributed by atoms with Crippen molar-refractivity contribution in [2.24, 2.45) is 5.92 Å². The van der Waals surface area contributed by atoms with Crippen molar-refractivity contribution in [1.29, 1.82) is 0 Å². The molecule has 0 radical (unpaired) electrons. The fourth-order valence-electron chi connectivity index (χ4n) is 2.17. The van der Waals surface area contributed by atoms with E-state index < -0.39 is 0 Å². The molecular weight excluding hydrogens is 208 g/mol. The van der Waals surface area contributed by atoms with Gasteiger partial charge in [-0.3, -0.25) is 0 Å². The Morgan fingerprint density at radius 3 is 2.73 bits per heavy atom. The summed E-state index contributed by atoms with van der Waals surface area (Å²) >= 11 is 5.39. The average molecular weight is 230 g/mol. The van der Waals surface area contributed by atoms with Crippen molar-refractivity contribution in [1.82, 2.24) is 10.2 Å².